The zero-order chi connectivity index (χ0) is 32.7. The van der Waals surface area contributed by atoms with Crippen molar-refractivity contribution in [3.05, 3.63) is 190 Å². The molecular weight excluding hydrogens is 623 g/mol. The number of ketones is 2. The third kappa shape index (κ3) is 3.80. The molecule has 0 saturated heterocycles. The summed E-state index contributed by atoms with van der Waals surface area (Å²) >= 11 is 1.60. The number of carbonyl (C=O) groups excluding carboxylic acids is 2. The number of pyridine rings is 2. The molecule has 0 atom stereocenters. The van der Waals surface area contributed by atoms with Gasteiger partial charge in [0.05, 0.1) is 22.2 Å². The van der Waals surface area contributed by atoms with E-state index in [1.165, 1.54) is 28.5 Å². The van der Waals surface area contributed by atoms with E-state index in [9.17, 15) is 9.59 Å². The maximum Gasteiger partial charge on any atom is 0.199 e. The molecule has 49 heavy (non-hydrogen) atoms. The van der Waals surface area contributed by atoms with Crippen LogP contribution in [-0.2, 0) is 5.41 Å². The van der Waals surface area contributed by atoms with Crippen molar-refractivity contribution in [1.82, 2.24) is 9.97 Å². The fourth-order valence-electron chi connectivity index (χ4n) is 7.92. The largest absolute Gasteiger partial charge is 0.295 e. The number of benzene rings is 4. The van der Waals surface area contributed by atoms with Gasteiger partial charge in [0.2, 0.25) is 0 Å². The van der Waals surface area contributed by atoms with Crippen LogP contribution in [0, 0.1) is 0 Å². The molecule has 4 aromatic carbocycles. The molecule has 230 valence electrons. The third-order valence-corrected chi connectivity index (χ3v) is 11.0. The Kier molecular flexibility index (Phi) is 5.90. The molecule has 3 aromatic heterocycles. The van der Waals surface area contributed by atoms with Gasteiger partial charge in [-0.2, -0.15) is 0 Å². The van der Waals surface area contributed by atoms with Crippen LogP contribution in [0.5, 0.6) is 0 Å². The Morgan fingerprint density at radius 3 is 1.86 bits per heavy atom. The minimum Gasteiger partial charge on any atom is -0.295 e. The quantitative estimate of drug-likeness (QED) is 0.141. The topological polar surface area (TPSA) is 63.2 Å². The van der Waals surface area contributed by atoms with E-state index in [0.717, 1.165) is 43.8 Å². The van der Waals surface area contributed by atoms with Crippen LogP contribution in [-0.4, -0.2) is 21.5 Å². The number of thiophene rings is 1. The molecule has 3 aliphatic carbocycles. The molecule has 0 N–H and O–H groups in total. The van der Waals surface area contributed by atoms with Crippen molar-refractivity contribution in [2.75, 3.05) is 4.90 Å². The molecule has 1 spiro atoms. The summed E-state index contributed by atoms with van der Waals surface area (Å²) < 4.78 is 0. The number of para-hydroxylation sites is 2. The molecular formula is C43H25N3O2S. The molecule has 5 nitrogen and oxygen atoms in total. The van der Waals surface area contributed by atoms with E-state index in [-0.39, 0.29) is 17.1 Å². The van der Waals surface area contributed by atoms with Gasteiger partial charge in [0.15, 0.2) is 11.6 Å². The summed E-state index contributed by atoms with van der Waals surface area (Å²) in [6.07, 6.45) is 4.81. The highest BCUT2D eigenvalue weighted by Gasteiger charge is 2.54. The summed E-state index contributed by atoms with van der Waals surface area (Å²) in [5, 5.41) is 0. The second-order valence-corrected chi connectivity index (χ2v) is 13.5. The number of fused-ring (bicyclic) bond motifs is 11. The SMILES string of the molecule is O=C1/C(=C\c2cc3c(s2)-c2ccc(N(c4ccccc4)c4ccccc4)nc2C32c3ccccc3-c3ccccc32)C(=O)c2cnccc21. The second-order valence-electron chi connectivity index (χ2n) is 12.4. The molecule has 0 amide bonds. The predicted molar refractivity (Wildman–Crippen MR) is 194 cm³/mol. The first-order chi connectivity index (χ1) is 24.1. The Bertz CT molecular complexity index is 2430. The van der Waals surface area contributed by atoms with Gasteiger partial charge in [-0.1, -0.05) is 84.9 Å². The summed E-state index contributed by atoms with van der Waals surface area (Å²) in [5.74, 6) is 0.292. The fraction of sp³-hybridized carbons (Fsp3) is 0.0233. The smallest absolute Gasteiger partial charge is 0.199 e. The lowest BCUT2D eigenvalue weighted by Crippen LogP contribution is -2.27. The molecule has 0 aliphatic heterocycles. The van der Waals surface area contributed by atoms with Crippen LogP contribution in [0.25, 0.3) is 27.6 Å². The van der Waals surface area contributed by atoms with E-state index in [1.807, 2.05) is 36.4 Å². The summed E-state index contributed by atoms with van der Waals surface area (Å²) in [5.41, 5.74) is 10.2. The number of carbonyl (C=O) groups is 2. The average Bonchev–Trinajstić information content (AvgIpc) is 3.85. The van der Waals surface area contributed by atoms with Gasteiger partial charge in [0, 0.05) is 44.6 Å². The Labute approximate surface area is 286 Å². The van der Waals surface area contributed by atoms with Gasteiger partial charge in [0.25, 0.3) is 0 Å². The number of Topliss-reactive ketones (excluding diaryl/α,β-unsaturated/α-hetero) is 2. The molecule has 0 bridgehead atoms. The van der Waals surface area contributed by atoms with Gasteiger partial charge < -0.3 is 0 Å². The van der Waals surface area contributed by atoms with Gasteiger partial charge in [-0.25, -0.2) is 4.98 Å². The molecule has 0 radical (unpaired) electrons. The highest BCUT2D eigenvalue weighted by atomic mass is 32.1. The minimum absolute atomic E-state index is 0.180. The third-order valence-electron chi connectivity index (χ3n) is 9.93. The van der Waals surface area contributed by atoms with E-state index >= 15 is 0 Å². The van der Waals surface area contributed by atoms with Gasteiger partial charge in [-0.3, -0.25) is 19.5 Å². The van der Waals surface area contributed by atoms with Crippen LogP contribution in [0.15, 0.2) is 151 Å². The molecule has 0 unspecified atom stereocenters. The number of nitrogens with zero attached hydrogens (tertiary/aromatic N) is 3. The van der Waals surface area contributed by atoms with Crippen molar-refractivity contribution in [3.8, 4) is 21.6 Å². The highest BCUT2D eigenvalue weighted by molar-refractivity contribution is 7.16. The number of hydrogen-bond donors (Lipinski definition) is 0. The molecule has 0 saturated carbocycles. The highest BCUT2D eigenvalue weighted by Crippen LogP contribution is 2.64. The van der Waals surface area contributed by atoms with Crippen LogP contribution in [0.4, 0.5) is 17.2 Å². The van der Waals surface area contributed by atoms with E-state index in [2.05, 4.69) is 101 Å². The summed E-state index contributed by atoms with van der Waals surface area (Å²) in [6, 6.07) is 46.0. The molecule has 6 heteroatoms. The van der Waals surface area contributed by atoms with Crippen molar-refractivity contribution < 1.29 is 9.59 Å². The van der Waals surface area contributed by atoms with E-state index in [4.69, 9.17) is 4.98 Å². The van der Waals surface area contributed by atoms with E-state index in [0.29, 0.717) is 11.1 Å². The van der Waals surface area contributed by atoms with Crippen molar-refractivity contribution in [1.29, 1.82) is 0 Å². The maximum absolute atomic E-state index is 13.4. The maximum atomic E-state index is 13.4. The monoisotopic (exact) mass is 647 g/mol. The van der Waals surface area contributed by atoms with Gasteiger partial charge in [-0.15, -0.1) is 11.3 Å². The summed E-state index contributed by atoms with van der Waals surface area (Å²) in [4.78, 5) is 40.6. The minimum atomic E-state index is -0.684. The van der Waals surface area contributed by atoms with Crippen molar-refractivity contribution >= 4 is 46.2 Å². The Morgan fingerprint density at radius 2 is 1.20 bits per heavy atom. The first kappa shape index (κ1) is 27.8. The zero-order valence-corrected chi connectivity index (χ0v) is 26.8. The summed E-state index contributed by atoms with van der Waals surface area (Å²) in [6.45, 7) is 0. The zero-order valence-electron chi connectivity index (χ0n) is 26.0. The molecule has 3 aliphatic rings. The predicted octanol–water partition coefficient (Wildman–Crippen LogP) is 9.81. The molecule has 3 heterocycles. The lowest BCUT2D eigenvalue weighted by molar-refractivity contribution is 0.0990. The Morgan fingerprint density at radius 1 is 0.592 bits per heavy atom. The van der Waals surface area contributed by atoms with E-state index in [1.54, 1.807) is 29.7 Å². The van der Waals surface area contributed by atoms with Crippen LogP contribution in [0.2, 0.25) is 0 Å². The van der Waals surface area contributed by atoms with Crippen molar-refractivity contribution in [3.63, 3.8) is 0 Å². The van der Waals surface area contributed by atoms with E-state index < -0.39 is 5.41 Å². The van der Waals surface area contributed by atoms with Crippen molar-refractivity contribution in [2.45, 2.75) is 5.41 Å². The van der Waals surface area contributed by atoms with Crippen LogP contribution in [0.1, 0.15) is 48.0 Å². The Hall–Kier alpha value is -6.24. The van der Waals surface area contributed by atoms with Crippen LogP contribution in [0.3, 0.4) is 0 Å². The first-order valence-corrected chi connectivity index (χ1v) is 17.0. The van der Waals surface area contributed by atoms with Crippen LogP contribution >= 0.6 is 11.3 Å². The number of hydrogen-bond acceptors (Lipinski definition) is 6. The lowest BCUT2D eigenvalue weighted by Gasteiger charge is -2.30. The van der Waals surface area contributed by atoms with Crippen molar-refractivity contribution in [2.24, 2.45) is 0 Å². The number of anilines is 3. The molecule has 10 rings (SSSR count). The number of allylic oxidation sites excluding steroid dienone is 1. The second kappa shape index (κ2) is 10.4. The number of rotatable bonds is 4. The van der Waals surface area contributed by atoms with Gasteiger partial charge in [0.1, 0.15) is 5.82 Å². The number of aromatic nitrogens is 2. The standard InChI is InChI=1S/C43H25N3O2S/c47-39-31-21-22-44-25-34(31)40(48)33(39)23-28-24-37-41(49-28)32-19-20-38(46(26-11-3-1-4-12-26)27-13-5-2-6-14-27)45-42(32)43(37)35-17-9-7-15-29(35)30-16-8-10-18-36(30)43/h1-25H/b33-23+. The lowest BCUT2D eigenvalue weighted by atomic mass is 9.73. The van der Waals surface area contributed by atoms with Gasteiger partial charge >= 0.3 is 0 Å². The Balaban J connectivity index is 1.23. The van der Waals surface area contributed by atoms with Crippen LogP contribution < -0.4 is 4.90 Å². The summed E-state index contributed by atoms with van der Waals surface area (Å²) in [7, 11) is 0. The normalized spacial score (nSPS) is 15.2. The fourth-order valence-corrected chi connectivity index (χ4v) is 9.10. The molecule has 7 aromatic rings. The molecule has 0 fully saturated rings. The average molecular weight is 648 g/mol. The van der Waals surface area contributed by atoms with Gasteiger partial charge in [-0.05, 0) is 82.4 Å². The first-order valence-electron chi connectivity index (χ1n) is 16.2.